The second kappa shape index (κ2) is 5.68. The predicted molar refractivity (Wildman–Crippen MR) is 55.8 cm³/mol. The van der Waals surface area contributed by atoms with E-state index in [1.807, 2.05) is 0 Å². The molecule has 0 aliphatic carbocycles. The van der Waals surface area contributed by atoms with Crippen LogP contribution in [0.25, 0.3) is 0 Å². The highest BCUT2D eigenvalue weighted by Crippen LogP contribution is 2.23. The van der Waals surface area contributed by atoms with Crippen LogP contribution in [0.3, 0.4) is 0 Å². The molecule has 2 unspecified atom stereocenters. The topological polar surface area (TPSA) is 0 Å². The standard InChI is InChI=1S/C10H23B/c1-5-10(8(2)3)7-6-9(4)11/h8-10H,5-7,11H2,1-4H3. The third kappa shape index (κ3) is 5.35. The van der Waals surface area contributed by atoms with Gasteiger partial charge in [0.25, 0.3) is 0 Å². The van der Waals surface area contributed by atoms with Crippen molar-refractivity contribution in [2.24, 2.45) is 11.8 Å². The first-order chi connectivity index (χ1) is 5.07. The molecule has 0 N–H and O–H groups in total. The zero-order valence-corrected chi connectivity index (χ0v) is 8.85. The normalized spacial score (nSPS) is 16.8. The fourth-order valence-electron chi connectivity index (χ4n) is 1.56. The molecular formula is C10H23B. The van der Waals surface area contributed by atoms with Gasteiger partial charge in [-0.25, -0.2) is 0 Å². The van der Waals surface area contributed by atoms with E-state index >= 15 is 0 Å². The van der Waals surface area contributed by atoms with Gasteiger partial charge >= 0.3 is 0 Å². The van der Waals surface area contributed by atoms with Crippen molar-refractivity contribution in [3.63, 3.8) is 0 Å². The summed E-state index contributed by atoms with van der Waals surface area (Å²) in [5.41, 5.74) is 0. The molecule has 0 nitrogen and oxygen atoms in total. The van der Waals surface area contributed by atoms with Crippen LogP contribution in [0, 0.1) is 11.8 Å². The van der Waals surface area contributed by atoms with Crippen LogP contribution in [0.1, 0.15) is 47.0 Å². The molecule has 0 radical (unpaired) electrons. The Kier molecular flexibility index (Phi) is 5.72. The van der Waals surface area contributed by atoms with Crippen molar-refractivity contribution in [2.45, 2.75) is 52.8 Å². The van der Waals surface area contributed by atoms with Crippen molar-refractivity contribution in [1.29, 1.82) is 0 Å². The average Bonchev–Trinajstić information content (AvgIpc) is 1.87. The van der Waals surface area contributed by atoms with Crippen LogP contribution in [0.5, 0.6) is 0 Å². The van der Waals surface area contributed by atoms with E-state index in [1.54, 1.807) is 0 Å². The lowest BCUT2D eigenvalue weighted by molar-refractivity contribution is 0.340. The van der Waals surface area contributed by atoms with E-state index in [1.165, 1.54) is 19.3 Å². The number of hydrogen-bond donors (Lipinski definition) is 0. The smallest absolute Gasteiger partial charge is 0.0725 e. The summed E-state index contributed by atoms with van der Waals surface area (Å²) in [6.45, 7) is 9.31. The first kappa shape index (κ1) is 11.1. The Morgan fingerprint density at radius 2 is 1.64 bits per heavy atom. The molecule has 0 saturated heterocycles. The van der Waals surface area contributed by atoms with Gasteiger partial charge in [-0.15, -0.1) is 0 Å². The van der Waals surface area contributed by atoms with Gasteiger partial charge < -0.3 is 0 Å². The van der Waals surface area contributed by atoms with Crippen molar-refractivity contribution in [2.75, 3.05) is 0 Å². The largest absolute Gasteiger partial charge is 0.105 e. The highest BCUT2D eigenvalue weighted by atomic mass is 14.2. The third-order valence-electron chi connectivity index (χ3n) is 2.58. The zero-order valence-electron chi connectivity index (χ0n) is 8.85. The summed E-state index contributed by atoms with van der Waals surface area (Å²) in [7, 11) is 2.31. The predicted octanol–water partition coefficient (Wildman–Crippen LogP) is 2.89. The molecule has 0 heterocycles. The van der Waals surface area contributed by atoms with E-state index in [0.29, 0.717) is 0 Å². The van der Waals surface area contributed by atoms with Gasteiger partial charge in [0.1, 0.15) is 7.85 Å². The van der Waals surface area contributed by atoms with E-state index in [9.17, 15) is 0 Å². The molecule has 0 amide bonds. The second-order valence-corrected chi connectivity index (χ2v) is 4.38. The maximum absolute atomic E-state index is 2.34. The lowest BCUT2D eigenvalue weighted by Gasteiger charge is -2.19. The quantitative estimate of drug-likeness (QED) is 0.534. The zero-order chi connectivity index (χ0) is 8.85. The molecule has 0 rings (SSSR count). The van der Waals surface area contributed by atoms with Crippen molar-refractivity contribution >= 4 is 7.85 Å². The van der Waals surface area contributed by atoms with E-state index < -0.39 is 0 Å². The van der Waals surface area contributed by atoms with E-state index in [-0.39, 0.29) is 0 Å². The molecule has 0 saturated carbocycles. The van der Waals surface area contributed by atoms with Gasteiger partial charge in [-0.3, -0.25) is 0 Å². The molecule has 0 aliphatic heterocycles. The summed E-state index contributed by atoms with van der Waals surface area (Å²) in [6.07, 6.45) is 4.17. The summed E-state index contributed by atoms with van der Waals surface area (Å²) in [4.78, 5) is 0. The van der Waals surface area contributed by atoms with Crippen molar-refractivity contribution < 1.29 is 0 Å². The minimum absolute atomic E-state index is 0.874. The van der Waals surface area contributed by atoms with Gasteiger partial charge in [0, 0.05) is 0 Å². The van der Waals surface area contributed by atoms with Crippen LogP contribution in [-0.2, 0) is 0 Å². The molecule has 0 spiro atoms. The monoisotopic (exact) mass is 154 g/mol. The number of rotatable bonds is 5. The van der Waals surface area contributed by atoms with Gasteiger partial charge in [-0.05, 0) is 11.8 Å². The molecule has 0 aromatic rings. The minimum Gasteiger partial charge on any atom is -0.0725 e. The Morgan fingerprint density at radius 3 is 1.91 bits per heavy atom. The van der Waals surface area contributed by atoms with E-state index in [2.05, 4.69) is 35.5 Å². The molecule has 0 fully saturated rings. The molecule has 0 aromatic carbocycles. The molecule has 1 heteroatoms. The Bertz CT molecular complexity index is 86.9. The van der Waals surface area contributed by atoms with Gasteiger partial charge in [0.05, 0.1) is 0 Å². The summed E-state index contributed by atoms with van der Waals surface area (Å²) in [5.74, 6) is 2.71. The van der Waals surface area contributed by atoms with Crippen LogP contribution in [0.15, 0.2) is 0 Å². The van der Waals surface area contributed by atoms with Crippen molar-refractivity contribution in [3.8, 4) is 0 Å². The Morgan fingerprint density at radius 1 is 1.09 bits per heavy atom. The van der Waals surface area contributed by atoms with Gasteiger partial charge in [0.2, 0.25) is 0 Å². The van der Waals surface area contributed by atoms with Crippen LogP contribution in [-0.4, -0.2) is 7.85 Å². The maximum atomic E-state index is 2.34. The fraction of sp³-hybridized carbons (Fsp3) is 1.00. The van der Waals surface area contributed by atoms with Crippen molar-refractivity contribution in [3.05, 3.63) is 0 Å². The summed E-state index contributed by atoms with van der Waals surface area (Å²) in [6, 6.07) is 0. The van der Waals surface area contributed by atoms with Gasteiger partial charge in [0.15, 0.2) is 0 Å². The average molecular weight is 154 g/mol. The first-order valence-corrected chi connectivity index (χ1v) is 5.07. The second-order valence-electron chi connectivity index (χ2n) is 4.38. The Balaban J connectivity index is 3.52. The Hall–Kier alpha value is 0.0649. The van der Waals surface area contributed by atoms with Crippen LogP contribution in [0.4, 0.5) is 0 Å². The van der Waals surface area contributed by atoms with E-state index in [4.69, 9.17) is 0 Å². The molecule has 11 heavy (non-hydrogen) atoms. The SMILES string of the molecule is BC(C)CCC(CC)C(C)C. The molecule has 2 atom stereocenters. The first-order valence-electron chi connectivity index (χ1n) is 5.07. The third-order valence-corrected chi connectivity index (χ3v) is 2.58. The highest BCUT2D eigenvalue weighted by Gasteiger charge is 2.10. The van der Waals surface area contributed by atoms with Crippen LogP contribution in [0.2, 0.25) is 5.82 Å². The lowest BCUT2D eigenvalue weighted by Crippen LogP contribution is -2.07. The summed E-state index contributed by atoms with van der Waals surface area (Å²) >= 11 is 0. The maximum Gasteiger partial charge on any atom is 0.105 e. The Labute approximate surface area is 73.2 Å². The summed E-state index contributed by atoms with van der Waals surface area (Å²) < 4.78 is 0. The lowest BCUT2D eigenvalue weighted by atomic mass is 9.80. The van der Waals surface area contributed by atoms with Crippen LogP contribution < -0.4 is 0 Å². The highest BCUT2D eigenvalue weighted by molar-refractivity contribution is 6.11. The molecule has 66 valence electrons. The minimum atomic E-state index is 0.874. The van der Waals surface area contributed by atoms with Crippen LogP contribution >= 0.6 is 0 Å². The molecule has 0 aromatic heterocycles. The van der Waals surface area contributed by atoms with E-state index in [0.717, 1.165) is 17.7 Å². The number of hydrogen-bond acceptors (Lipinski definition) is 0. The fourth-order valence-corrected chi connectivity index (χ4v) is 1.56. The molecular weight excluding hydrogens is 131 g/mol. The summed E-state index contributed by atoms with van der Waals surface area (Å²) in [5, 5.41) is 0. The molecule has 0 aliphatic rings. The van der Waals surface area contributed by atoms with Gasteiger partial charge in [-0.2, -0.15) is 0 Å². The van der Waals surface area contributed by atoms with Gasteiger partial charge in [-0.1, -0.05) is 52.8 Å². The molecule has 0 bridgehead atoms. The van der Waals surface area contributed by atoms with Crippen molar-refractivity contribution in [1.82, 2.24) is 0 Å².